The van der Waals surface area contributed by atoms with Crippen molar-refractivity contribution in [3.05, 3.63) is 33.3 Å². The topological polar surface area (TPSA) is 68.1 Å². The predicted octanol–water partition coefficient (Wildman–Crippen LogP) is 4.09. The maximum Gasteiger partial charge on any atom is 0.299 e. The van der Waals surface area contributed by atoms with Crippen molar-refractivity contribution in [2.24, 2.45) is 0 Å². The monoisotopic (exact) mass is 307 g/mol. The lowest BCUT2D eigenvalue weighted by Crippen LogP contribution is -2.34. The van der Waals surface area contributed by atoms with Gasteiger partial charge in [-0.1, -0.05) is 26.8 Å². The van der Waals surface area contributed by atoms with Crippen molar-refractivity contribution in [2.45, 2.75) is 45.6 Å². The summed E-state index contributed by atoms with van der Waals surface area (Å²) >= 11 is 1.44. The van der Waals surface area contributed by atoms with Crippen LogP contribution < -0.4 is 5.32 Å². The van der Waals surface area contributed by atoms with E-state index in [1.165, 1.54) is 11.3 Å². The van der Waals surface area contributed by atoms with E-state index in [1.807, 2.05) is 12.1 Å². The lowest BCUT2D eigenvalue weighted by molar-refractivity contribution is -0.384. The third-order valence-electron chi connectivity index (χ3n) is 3.88. The van der Waals surface area contributed by atoms with Crippen LogP contribution in [0, 0.1) is 10.1 Å². The van der Waals surface area contributed by atoms with Crippen LogP contribution in [0.5, 0.6) is 0 Å². The number of nitrogens with one attached hydrogen (secondary N) is 1. The molecule has 0 spiro atoms. The van der Waals surface area contributed by atoms with Crippen LogP contribution in [0.15, 0.2) is 17.6 Å². The molecule has 0 amide bonds. The van der Waals surface area contributed by atoms with Crippen LogP contribution in [0.25, 0.3) is 10.2 Å². The standard InChI is InChI=1S/C15H21N3O2S/c1-4-8-16-12(5-2)10(3)11-6-7-13-14(17-9-21-13)15(11)18(19)20/h6-7,9-10,12,16H,4-5,8H2,1-3H3. The number of hydrogen-bond donors (Lipinski definition) is 1. The first-order valence-electron chi connectivity index (χ1n) is 7.34. The predicted molar refractivity (Wildman–Crippen MR) is 87.1 cm³/mol. The molecule has 0 aliphatic carbocycles. The fraction of sp³-hybridized carbons (Fsp3) is 0.533. The van der Waals surface area contributed by atoms with Crippen molar-refractivity contribution in [2.75, 3.05) is 6.54 Å². The molecule has 0 aliphatic heterocycles. The van der Waals surface area contributed by atoms with E-state index in [2.05, 4.69) is 31.1 Å². The average molecular weight is 307 g/mol. The lowest BCUT2D eigenvalue weighted by Gasteiger charge is -2.24. The molecule has 2 aromatic rings. The summed E-state index contributed by atoms with van der Waals surface area (Å²) < 4.78 is 0.868. The van der Waals surface area contributed by atoms with Gasteiger partial charge in [-0.05, 0) is 25.5 Å². The van der Waals surface area contributed by atoms with Gasteiger partial charge in [-0.25, -0.2) is 4.98 Å². The molecule has 1 N–H and O–H groups in total. The normalized spacial score (nSPS) is 14.2. The van der Waals surface area contributed by atoms with Crippen LogP contribution in [0.3, 0.4) is 0 Å². The number of rotatable bonds is 7. The van der Waals surface area contributed by atoms with E-state index in [1.54, 1.807) is 5.51 Å². The number of benzene rings is 1. The van der Waals surface area contributed by atoms with Gasteiger partial charge in [0.1, 0.15) is 0 Å². The van der Waals surface area contributed by atoms with Gasteiger partial charge >= 0.3 is 0 Å². The molecule has 1 heterocycles. The van der Waals surface area contributed by atoms with Crippen LogP contribution in [-0.4, -0.2) is 22.5 Å². The van der Waals surface area contributed by atoms with Gasteiger partial charge in [0.15, 0.2) is 5.52 Å². The second-order valence-electron chi connectivity index (χ2n) is 5.22. The van der Waals surface area contributed by atoms with Gasteiger partial charge in [-0.3, -0.25) is 10.1 Å². The molecule has 1 aromatic carbocycles. The van der Waals surface area contributed by atoms with E-state index in [9.17, 15) is 10.1 Å². The third kappa shape index (κ3) is 3.22. The number of aromatic nitrogens is 1. The smallest absolute Gasteiger partial charge is 0.299 e. The minimum Gasteiger partial charge on any atom is -0.313 e. The highest BCUT2D eigenvalue weighted by molar-refractivity contribution is 7.16. The number of thiazole rings is 1. The Labute approximate surface area is 128 Å². The Bertz CT molecular complexity index is 626. The summed E-state index contributed by atoms with van der Waals surface area (Å²) in [4.78, 5) is 15.4. The zero-order valence-corrected chi connectivity index (χ0v) is 13.4. The molecule has 2 atom stereocenters. The number of nitro groups is 1. The first kappa shape index (κ1) is 15.9. The van der Waals surface area contributed by atoms with Crippen LogP contribution in [0.4, 0.5) is 5.69 Å². The summed E-state index contributed by atoms with van der Waals surface area (Å²) in [6, 6.07) is 4.07. The minimum absolute atomic E-state index is 0.0769. The summed E-state index contributed by atoms with van der Waals surface area (Å²) in [5.74, 6) is 0.0769. The van der Waals surface area contributed by atoms with E-state index in [0.717, 1.165) is 29.6 Å². The summed E-state index contributed by atoms with van der Waals surface area (Å²) in [5, 5.41) is 15.0. The Balaban J connectivity index is 2.44. The second-order valence-corrected chi connectivity index (χ2v) is 6.10. The first-order chi connectivity index (χ1) is 10.1. The van der Waals surface area contributed by atoms with Crippen molar-refractivity contribution < 1.29 is 4.92 Å². The van der Waals surface area contributed by atoms with E-state index < -0.39 is 0 Å². The SMILES string of the molecule is CCCNC(CC)C(C)c1ccc2scnc2c1[N+](=O)[O-]. The van der Waals surface area contributed by atoms with E-state index in [0.29, 0.717) is 5.52 Å². The number of fused-ring (bicyclic) bond motifs is 1. The molecule has 5 nitrogen and oxygen atoms in total. The quantitative estimate of drug-likeness (QED) is 0.618. The molecule has 6 heteroatoms. The van der Waals surface area contributed by atoms with E-state index in [-0.39, 0.29) is 22.6 Å². The second kappa shape index (κ2) is 6.95. The molecular weight excluding hydrogens is 286 g/mol. The van der Waals surface area contributed by atoms with Crippen LogP contribution in [0.1, 0.15) is 45.1 Å². The van der Waals surface area contributed by atoms with Crippen LogP contribution in [0.2, 0.25) is 0 Å². The molecule has 0 bridgehead atoms. The maximum atomic E-state index is 11.5. The molecule has 1 aromatic heterocycles. The summed E-state index contributed by atoms with van der Waals surface area (Å²) in [5.41, 5.74) is 3.12. The first-order valence-corrected chi connectivity index (χ1v) is 8.21. The average Bonchev–Trinajstić information content (AvgIpc) is 2.94. The largest absolute Gasteiger partial charge is 0.313 e. The number of nitro benzene ring substituents is 1. The van der Waals surface area contributed by atoms with Gasteiger partial charge in [-0.2, -0.15) is 0 Å². The fourth-order valence-electron chi connectivity index (χ4n) is 2.71. The Morgan fingerprint density at radius 1 is 1.43 bits per heavy atom. The molecule has 0 fully saturated rings. The van der Waals surface area contributed by atoms with Crippen LogP contribution >= 0.6 is 11.3 Å². The van der Waals surface area contributed by atoms with Crippen molar-refractivity contribution in [1.29, 1.82) is 0 Å². The summed E-state index contributed by atoms with van der Waals surface area (Å²) in [6.07, 6.45) is 1.99. The molecule has 0 radical (unpaired) electrons. The fourth-order valence-corrected chi connectivity index (χ4v) is 3.39. The number of hydrogen-bond acceptors (Lipinski definition) is 5. The molecule has 0 aliphatic rings. The van der Waals surface area contributed by atoms with Gasteiger partial charge in [0.2, 0.25) is 0 Å². The Morgan fingerprint density at radius 2 is 2.19 bits per heavy atom. The molecular formula is C15H21N3O2S. The third-order valence-corrected chi connectivity index (χ3v) is 4.67. The van der Waals surface area contributed by atoms with Crippen molar-refractivity contribution in [3.8, 4) is 0 Å². The summed E-state index contributed by atoms with van der Waals surface area (Å²) in [6.45, 7) is 7.21. The zero-order valence-electron chi connectivity index (χ0n) is 12.6. The molecule has 0 saturated heterocycles. The molecule has 2 unspecified atom stereocenters. The highest BCUT2D eigenvalue weighted by Gasteiger charge is 2.27. The Kier molecular flexibility index (Phi) is 5.25. The molecule has 2 rings (SSSR count). The Hall–Kier alpha value is -1.53. The van der Waals surface area contributed by atoms with Crippen molar-refractivity contribution in [3.63, 3.8) is 0 Å². The molecule has 0 saturated carbocycles. The highest BCUT2D eigenvalue weighted by atomic mass is 32.1. The van der Waals surface area contributed by atoms with Crippen molar-refractivity contribution >= 4 is 27.2 Å². The van der Waals surface area contributed by atoms with Crippen molar-refractivity contribution in [1.82, 2.24) is 10.3 Å². The zero-order chi connectivity index (χ0) is 15.4. The Morgan fingerprint density at radius 3 is 2.81 bits per heavy atom. The minimum atomic E-state index is -0.291. The lowest BCUT2D eigenvalue weighted by atomic mass is 9.90. The number of nitrogens with zero attached hydrogens (tertiary/aromatic N) is 2. The van der Waals surface area contributed by atoms with Gasteiger partial charge in [-0.15, -0.1) is 11.3 Å². The van der Waals surface area contributed by atoms with Gasteiger partial charge in [0, 0.05) is 17.5 Å². The molecule has 21 heavy (non-hydrogen) atoms. The van der Waals surface area contributed by atoms with E-state index in [4.69, 9.17) is 0 Å². The molecule has 114 valence electrons. The van der Waals surface area contributed by atoms with Gasteiger partial charge in [0.05, 0.1) is 15.1 Å². The summed E-state index contributed by atoms with van der Waals surface area (Å²) in [7, 11) is 0. The van der Waals surface area contributed by atoms with E-state index >= 15 is 0 Å². The highest BCUT2D eigenvalue weighted by Crippen LogP contribution is 2.36. The van der Waals surface area contributed by atoms with Gasteiger partial charge < -0.3 is 5.32 Å². The van der Waals surface area contributed by atoms with Gasteiger partial charge in [0.25, 0.3) is 5.69 Å². The maximum absolute atomic E-state index is 11.5. The van der Waals surface area contributed by atoms with Crippen LogP contribution in [-0.2, 0) is 0 Å².